The fraction of sp³-hybridized carbons (Fsp3) is 0.917. The number of piperazine rings is 1. The van der Waals surface area contributed by atoms with Crippen LogP contribution < -0.4 is 5.32 Å². The highest BCUT2D eigenvalue weighted by molar-refractivity contribution is 5.80. The third-order valence-corrected chi connectivity index (χ3v) is 3.71. The molecule has 2 aliphatic heterocycles. The molecule has 0 aromatic rings. The Morgan fingerprint density at radius 2 is 2.38 bits per heavy atom. The first-order chi connectivity index (χ1) is 7.74. The van der Waals surface area contributed by atoms with E-state index < -0.39 is 0 Å². The van der Waals surface area contributed by atoms with Gasteiger partial charge < -0.3 is 15.0 Å². The predicted octanol–water partition coefficient (Wildman–Crippen LogP) is 0.622. The van der Waals surface area contributed by atoms with Crippen molar-refractivity contribution in [2.75, 3.05) is 26.2 Å². The zero-order valence-electron chi connectivity index (χ0n) is 10.2. The maximum absolute atomic E-state index is 12.4. The molecule has 4 heteroatoms. The third-order valence-electron chi connectivity index (χ3n) is 3.71. The summed E-state index contributed by atoms with van der Waals surface area (Å²) >= 11 is 0. The molecule has 0 aliphatic carbocycles. The average Bonchev–Trinajstić information content (AvgIpc) is 2.77. The number of hydrogen-bond donors (Lipinski definition) is 1. The molecule has 92 valence electrons. The summed E-state index contributed by atoms with van der Waals surface area (Å²) in [6.07, 6.45) is 1.99. The van der Waals surface area contributed by atoms with E-state index in [4.69, 9.17) is 4.74 Å². The van der Waals surface area contributed by atoms with Gasteiger partial charge in [0, 0.05) is 32.3 Å². The molecule has 0 bridgehead atoms. The highest BCUT2D eigenvalue weighted by Crippen LogP contribution is 2.26. The van der Waals surface area contributed by atoms with Gasteiger partial charge in [-0.05, 0) is 19.8 Å². The molecule has 1 amide bonds. The number of amides is 1. The van der Waals surface area contributed by atoms with Gasteiger partial charge in [-0.15, -0.1) is 0 Å². The van der Waals surface area contributed by atoms with Crippen LogP contribution >= 0.6 is 0 Å². The van der Waals surface area contributed by atoms with Gasteiger partial charge in [-0.25, -0.2) is 0 Å². The van der Waals surface area contributed by atoms with Crippen LogP contribution in [-0.4, -0.2) is 49.2 Å². The van der Waals surface area contributed by atoms with E-state index in [9.17, 15) is 4.79 Å². The lowest BCUT2D eigenvalue weighted by Crippen LogP contribution is -2.54. The van der Waals surface area contributed by atoms with E-state index in [1.165, 1.54) is 0 Å². The van der Waals surface area contributed by atoms with Gasteiger partial charge in [0.1, 0.15) is 0 Å². The smallest absolute Gasteiger partial charge is 0.228 e. The van der Waals surface area contributed by atoms with Crippen LogP contribution in [-0.2, 0) is 9.53 Å². The average molecular weight is 226 g/mol. The number of ether oxygens (including phenoxy) is 1. The van der Waals surface area contributed by atoms with Gasteiger partial charge >= 0.3 is 0 Å². The third kappa shape index (κ3) is 2.23. The number of hydrogen-bond acceptors (Lipinski definition) is 3. The summed E-state index contributed by atoms with van der Waals surface area (Å²) < 4.78 is 5.60. The first-order valence-corrected chi connectivity index (χ1v) is 6.36. The predicted molar refractivity (Wildman–Crippen MR) is 62.2 cm³/mol. The molecule has 0 saturated carbocycles. The molecule has 0 aromatic carbocycles. The molecular weight excluding hydrogens is 204 g/mol. The molecule has 0 aromatic heterocycles. The molecule has 3 atom stereocenters. The summed E-state index contributed by atoms with van der Waals surface area (Å²) in [6, 6.07) is 0.319. The zero-order chi connectivity index (χ0) is 11.5. The van der Waals surface area contributed by atoms with Crippen LogP contribution in [0.3, 0.4) is 0 Å². The van der Waals surface area contributed by atoms with Crippen LogP contribution in [0, 0.1) is 5.92 Å². The van der Waals surface area contributed by atoms with Crippen LogP contribution in [0.1, 0.15) is 26.7 Å². The maximum atomic E-state index is 12.4. The molecule has 2 rings (SSSR count). The van der Waals surface area contributed by atoms with Crippen molar-refractivity contribution in [3.05, 3.63) is 0 Å². The zero-order valence-corrected chi connectivity index (χ0v) is 10.2. The first kappa shape index (κ1) is 11.9. The molecule has 1 N–H and O–H groups in total. The topological polar surface area (TPSA) is 41.6 Å². The largest absolute Gasteiger partial charge is 0.377 e. The summed E-state index contributed by atoms with van der Waals surface area (Å²) in [5.74, 6) is 0.406. The number of carbonyl (C=O) groups is 1. The Morgan fingerprint density at radius 3 is 3.06 bits per heavy atom. The lowest BCUT2D eigenvalue weighted by molar-refractivity contribution is -0.140. The molecule has 2 fully saturated rings. The number of nitrogens with zero attached hydrogens (tertiary/aromatic N) is 1. The van der Waals surface area contributed by atoms with Crippen LogP contribution in [0.2, 0.25) is 0 Å². The quantitative estimate of drug-likeness (QED) is 0.750. The summed E-state index contributed by atoms with van der Waals surface area (Å²) in [5, 5.41) is 3.31. The Morgan fingerprint density at radius 1 is 1.56 bits per heavy atom. The second-order valence-electron chi connectivity index (χ2n) is 4.80. The van der Waals surface area contributed by atoms with Crippen molar-refractivity contribution in [2.24, 2.45) is 5.92 Å². The van der Waals surface area contributed by atoms with Crippen molar-refractivity contribution in [2.45, 2.75) is 38.8 Å². The molecule has 2 unspecified atom stereocenters. The Bertz CT molecular complexity index is 253. The lowest BCUT2D eigenvalue weighted by Gasteiger charge is -2.36. The van der Waals surface area contributed by atoms with E-state index in [-0.39, 0.29) is 12.0 Å². The Labute approximate surface area is 97.3 Å². The fourth-order valence-electron chi connectivity index (χ4n) is 2.71. The standard InChI is InChI=1S/C12H22N2O2/c1-3-11-10(4-7-16-11)12(15)14-6-5-13-8-9(14)2/h9-11,13H,3-8H2,1-2H3/t9-,10?,11?/m1/s1. The summed E-state index contributed by atoms with van der Waals surface area (Å²) in [4.78, 5) is 14.4. The van der Waals surface area contributed by atoms with Crippen molar-refractivity contribution in [1.82, 2.24) is 10.2 Å². The van der Waals surface area contributed by atoms with Crippen LogP contribution in [0.5, 0.6) is 0 Å². The van der Waals surface area contributed by atoms with E-state index in [1.54, 1.807) is 0 Å². The molecule has 16 heavy (non-hydrogen) atoms. The lowest BCUT2D eigenvalue weighted by atomic mass is 9.97. The second kappa shape index (κ2) is 5.15. The minimum Gasteiger partial charge on any atom is -0.377 e. The second-order valence-corrected chi connectivity index (χ2v) is 4.80. The summed E-state index contributed by atoms with van der Waals surface area (Å²) in [5.41, 5.74) is 0. The van der Waals surface area contributed by atoms with Gasteiger partial charge in [0.2, 0.25) is 5.91 Å². The van der Waals surface area contributed by atoms with Crippen LogP contribution in [0.15, 0.2) is 0 Å². The van der Waals surface area contributed by atoms with Crippen molar-refractivity contribution in [3.63, 3.8) is 0 Å². The molecule has 2 heterocycles. The number of nitrogens with one attached hydrogen (secondary N) is 1. The number of carbonyl (C=O) groups excluding carboxylic acids is 1. The summed E-state index contributed by atoms with van der Waals surface area (Å²) in [6.45, 7) is 7.62. The van der Waals surface area contributed by atoms with Gasteiger partial charge in [0.15, 0.2) is 0 Å². The van der Waals surface area contributed by atoms with Gasteiger partial charge in [-0.1, -0.05) is 6.92 Å². The Hall–Kier alpha value is -0.610. The van der Waals surface area contributed by atoms with Crippen LogP contribution in [0.4, 0.5) is 0 Å². The Balaban J connectivity index is 2.00. The van der Waals surface area contributed by atoms with Crippen LogP contribution in [0.25, 0.3) is 0 Å². The SMILES string of the molecule is CCC1OCCC1C(=O)N1CCNC[C@H]1C. The van der Waals surface area contributed by atoms with E-state index in [1.807, 2.05) is 4.90 Å². The molecule has 2 saturated heterocycles. The van der Waals surface area contributed by atoms with Crippen molar-refractivity contribution < 1.29 is 9.53 Å². The minimum atomic E-state index is 0.102. The van der Waals surface area contributed by atoms with Gasteiger partial charge in [-0.3, -0.25) is 4.79 Å². The first-order valence-electron chi connectivity index (χ1n) is 6.36. The Kier molecular flexibility index (Phi) is 3.82. The van der Waals surface area contributed by atoms with Crippen molar-refractivity contribution in [1.29, 1.82) is 0 Å². The normalized spacial score (nSPS) is 35.4. The van der Waals surface area contributed by atoms with E-state index in [2.05, 4.69) is 19.2 Å². The minimum absolute atomic E-state index is 0.102. The molecule has 0 radical (unpaired) electrons. The van der Waals surface area contributed by atoms with Gasteiger partial charge in [-0.2, -0.15) is 0 Å². The highest BCUT2D eigenvalue weighted by Gasteiger charge is 2.37. The maximum Gasteiger partial charge on any atom is 0.228 e. The fourth-order valence-corrected chi connectivity index (χ4v) is 2.71. The molecule has 2 aliphatic rings. The molecule has 0 spiro atoms. The number of rotatable bonds is 2. The molecule has 4 nitrogen and oxygen atoms in total. The van der Waals surface area contributed by atoms with Crippen molar-refractivity contribution >= 4 is 5.91 Å². The molecular formula is C12H22N2O2. The summed E-state index contributed by atoms with van der Waals surface area (Å²) in [7, 11) is 0. The highest BCUT2D eigenvalue weighted by atomic mass is 16.5. The van der Waals surface area contributed by atoms with Crippen molar-refractivity contribution in [3.8, 4) is 0 Å². The monoisotopic (exact) mass is 226 g/mol. The van der Waals surface area contributed by atoms with Gasteiger partial charge in [0.05, 0.1) is 12.0 Å². The van der Waals surface area contributed by atoms with E-state index in [0.29, 0.717) is 11.9 Å². The van der Waals surface area contributed by atoms with E-state index >= 15 is 0 Å². The van der Waals surface area contributed by atoms with Gasteiger partial charge in [0.25, 0.3) is 0 Å². The van der Waals surface area contributed by atoms with E-state index in [0.717, 1.165) is 39.1 Å².